The number of halogens is 1. The van der Waals surface area contributed by atoms with Crippen LogP contribution in [0.15, 0.2) is 18.2 Å². The van der Waals surface area contributed by atoms with Crippen LogP contribution in [-0.4, -0.2) is 20.2 Å². The van der Waals surface area contributed by atoms with Gasteiger partial charge in [-0.3, -0.25) is 0 Å². The molecule has 0 bridgehead atoms. The van der Waals surface area contributed by atoms with Crippen molar-refractivity contribution < 1.29 is 4.39 Å². The molecule has 1 fully saturated rings. The van der Waals surface area contributed by atoms with E-state index in [4.69, 9.17) is 5.73 Å². The van der Waals surface area contributed by atoms with Crippen molar-refractivity contribution in [1.82, 2.24) is 20.2 Å². The maximum absolute atomic E-state index is 13.5. The average Bonchev–Trinajstić information content (AvgIpc) is 2.98. The van der Waals surface area contributed by atoms with E-state index >= 15 is 0 Å². The predicted molar refractivity (Wildman–Crippen MR) is 74.2 cm³/mol. The summed E-state index contributed by atoms with van der Waals surface area (Å²) < 4.78 is 15.2. The van der Waals surface area contributed by atoms with Gasteiger partial charge in [-0.25, -0.2) is 9.07 Å². The minimum Gasteiger partial charge on any atom is -0.399 e. The van der Waals surface area contributed by atoms with E-state index in [1.807, 2.05) is 0 Å². The summed E-state index contributed by atoms with van der Waals surface area (Å²) in [5, 5.41) is 11.8. The van der Waals surface area contributed by atoms with Gasteiger partial charge < -0.3 is 5.73 Å². The zero-order valence-electron chi connectivity index (χ0n) is 11.5. The highest BCUT2D eigenvalue weighted by Gasteiger charge is 2.30. The third kappa shape index (κ3) is 2.50. The zero-order valence-corrected chi connectivity index (χ0v) is 11.5. The molecule has 1 saturated carbocycles. The van der Waals surface area contributed by atoms with Crippen molar-refractivity contribution in [3.63, 3.8) is 0 Å². The number of nitrogen functional groups attached to an aromatic ring is 1. The molecule has 2 N–H and O–H groups in total. The zero-order chi connectivity index (χ0) is 14.2. The Kier molecular flexibility index (Phi) is 3.16. The van der Waals surface area contributed by atoms with Crippen molar-refractivity contribution in [3.05, 3.63) is 24.0 Å². The fourth-order valence-corrected chi connectivity index (χ4v) is 3.01. The van der Waals surface area contributed by atoms with E-state index in [1.54, 1.807) is 10.7 Å². The van der Waals surface area contributed by atoms with E-state index < -0.39 is 0 Å². The summed E-state index contributed by atoms with van der Waals surface area (Å²) in [5.41, 5.74) is 6.91. The van der Waals surface area contributed by atoms with Crippen molar-refractivity contribution in [2.24, 2.45) is 5.41 Å². The number of nitrogens with two attached hydrogens (primary N) is 1. The lowest BCUT2D eigenvalue weighted by molar-refractivity contribution is 0.267. The number of tetrazole rings is 1. The van der Waals surface area contributed by atoms with Gasteiger partial charge in [0.15, 0.2) is 5.82 Å². The molecular formula is C14H18FN5. The van der Waals surface area contributed by atoms with Crippen LogP contribution in [0.5, 0.6) is 0 Å². The summed E-state index contributed by atoms with van der Waals surface area (Å²) in [7, 11) is 0. The molecule has 1 aromatic heterocycles. The molecule has 3 rings (SSSR count). The standard InChI is InChI=1S/C14H18FN5/c1-14(4-2-3-5-14)9-20-13(17-18-19-20)10-6-11(15)8-12(16)7-10/h6-8H,2-5,9,16H2,1H3. The molecule has 1 aliphatic rings. The Hall–Kier alpha value is -1.98. The second kappa shape index (κ2) is 4.85. The Morgan fingerprint density at radius 2 is 2.05 bits per heavy atom. The third-order valence-electron chi connectivity index (χ3n) is 4.05. The lowest BCUT2D eigenvalue weighted by atomic mass is 9.89. The van der Waals surface area contributed by atoms with Crippen molar-refractivity contribution >= 4 is 5.69 Å². The molecule has 0 saturated heterocycles. The summed E-state index contributed by atoms with van der Waals surface area (Å²) in [6.45, 7) is 3.01. The SMILES string of the molecule is CC1(Cn2nnnc2-c2cc(N)cc(F)c2)CCCC1. The van der Waals surface area contributed by atoms with Gasteiger partial charge in [0, 0.05) is 11.3 Å². The molecule has 0 unspecified atom stereocenters. The number of aromatic nitrogens is 4. The van der Waals surface area contributed by atoms with Gasteiger partial charge >= 0.3 is 0 Å². The summed E-state index contributed by atoms with van der Waals surface area (Å²) in [6.07, 6.45) is 4.86. The lowest BCUT2D eigenvalue weighted by Gasteiger charge is -2.23. The van der Waals surface area contributed by atoms with Crippen LogP contribution >= 0.6 is 0 Å². The molecule has 0 radical (unpaired) electrons. The summed E-state index contributed by atoms with van der Waals surface area (Å²) in [5.74, 6) is 0.200. The highest BCUT2D eigenvalue weighted by molar-refractivity contribution is 5.61. The molecule has 0 atom stereocenters. The number of benzene rings is 1. The normalized spacial score (nSPS) is 17.5. The molecular weight excluding hydrogens is 257 g/mol. The average molecular weight is 275 g/mol. The van der Waals surface area contributed by atoms with Gasteiger partial charge in [0.1, 0.15) is 5.82 Å². The number of hydrogen-bond donors (Lipinski definition) is 1. The molecule has 1 aromatic carbocycles. The van der Waals surface area contributed by atoms with Crippen LogP contribution in [0.3, 0.4) is 0 Å². The Morgan fingerprint density at radius 3 is 2.75 bits per heavy atom. The summed E-state index contributed by atoms with van der Waals surface area (Å²) in [6, 6.07) is 4.40. The molecule has 0 aliphatic heterocycles. The Bertz CT molecular complexity index is 596. The van der Waals surface area contributed by atoms with Gasteiger partial charge in [-0.15, -0.1) is 5.10 Å². The lowest BCUT2D eigenvalue weighted by Crippen LogP contribution is -2.21. The summed E-state index contributed by atoms with van der Waals surface area (Å²) in [4.78, 5) is 0. The first-order valence-corrected chi connectivity index (χ1v) is 6.88. The highest BCUT2D eigenvalue weighted by Crippen LogP contribution is 2.39. The smallest absolute Gasteiger partial charge is 0.182 e. The van der Waals surface area contributed by atoms with Crippen LogP contribution in [0.25, 0.3) is 11.4 Å². The van der Waals surface area contributed by atoms with E-state index in [2.05, 4.69) is 22.4 Å². The number of rotatable bonds is 3. The van der Waals surface area contributed by atoms with Crippen molar-refractivity contribution in [2.45, 2.75) is 39.2 Å². The topological polar surface area (TPSA) is 69.6 Å². The highest BCUT2D eigenvalue weighted by atomic mass is 19.1. The van der Waals surface area contributed by atoms with Gasteiger partial charge in [-0.05, 0) is 46.9 Å². The fourth-order valence-electron chi connectivity index (χ4n) is 3.01. The molecule has 2 aromatic rings. The molecule has 1 aliphatic carbocycles. The van der Waals surface area contributed by atoms with Gasteiger partial charge in [0.05, 0.1) is 6.54 Å². The molecule has 1 heterocycles. The first-order chi connectivity index (χ1) is 9.56. The molecule has 20 heavy (non-hydrogen) atoms. The molecule has 5 nitrogen and oxygen atoms in total. The van der Waals surface area contributed by atoms with E-state index in [0.29, 0.717) is 17.1 Å². The van der Waals surface area contributed by atoms with E-state index in [9.17, 15) is 4.39 Å². The third-order valence-corrected chi connectivity index (χ3v) is 4.05. The van der Waals surface area contributed by atoms with Crippen LogP contribution in [0.1, 0.15) is 32.6 Å². The monoisotopic (exact) mass is 275 g/mol. The molecule has 0 spiro atoms. The Labute approximate surface area is 117 Å². The minimum atomic E-state index is -0.373. The maximum atomic E-state index is 13.5. The second-order valence-corrected chi connectivity index (χ2v) is 5.95. The second-order valence-electron chi connectivity index (χ2n) is 5.95. The van der Waals surface area contributed by atoms with Gasteiger partial charge in [0.2, 0.25) is 0 Å². The van der Waals surface area contributed by atoms with Crippen LogP contribution in [0.2, 0.25) is 0 Å². The van der Waals surface area contributed by atoms with Crippen molar-refractivity contribution in [2.75, 3.05) is 5.73 Å². The van der Waals surface area contributed by atoms with Gasteiger partial charge in [-0.1, -0.05) is 19.8 Å². The predicted octanol–water partition coefficient (Wildman–Crippen LogP) is 2.64. The first kappa shape index (κ1) is 13.0. The van der Waals surface area contributed by atoms with Crippen molar-refractivity contribution in [1.29, 1.82) is 0 Å². The largest absolute Gasteiger partial charge is 0.399 e. The number of anilines is 1. The molecule has 6 heteroatoms. The fraction of sp³-hybridized carbons (Fsp3) is 0.500. The molecule has 0 amide bonds. The minimum absolute atomic E-state index is 0.225. The maximum Gasteiger partial charge on any atom is 0.182 e. The Morgan fingerprint density at radius 1 is 1.30 bits per heavy atom. The van der Waals surface area contributed by atoms with E-state index in [0.717, 1.165) is 6.54 Å². The van der Waals surface area contributed by atoms with Gasteiger partial charge in [0.25, 0.3) is 0 Å². The van der Waals surface area contributed by atoms with Crippen LogP contribution < -0.4 is 5.73 Å². The Balaban J connectivity index is 1.93. The molecule has 106 valence electrons. The van der Waals surface area contributed by atoms with Gasteiger partial charge in [-0.2, -0.15) is 0 Å². The quantitative estimate of drug-likeness (QED) is 0.874. The van der Waals surface area contributed by atoms with Crippen LogP contribution in [0, 0.1) is 11.2 Å². The van der Waals surface area contributed by atoms with Crippen molar-refractivity contribution in [3.8, 4) is 11.4 Å². The summed E-state index contributed by atoms with van der Waals surface area (Å²) >= 11 is 0. The number of hydrogen-bond acceptors (Lipinski definition) is 4. The first-order valence-electron chi connectivity index (χ1n) is 6.88. The van der Waals surface area contributed by atoms with Crippen LogP contribution in [-0.2, 0) is 6.54 Å². The van der Waals surface area contributed by atoms with E-state index in [1.165, 1.54) is 37.8 Å². The van der Waals surface area contributed by atoms with Crippen LogP contribution in [0.4, 0.5) is 10.1 Å². The number of nitrogens with zero attached hydrogens (tertiary/aromatic N) is 4. The van der Waals surface area contributed by atoms with E-state index in [-0.39, 0.29) is 11.2 Å².